The van der Waals surface area contributed by atoms with E-state index in [1.54, 1.807) is 41.8 Å². The number of benzene rings is 2. The molecule has 0 unspecified atom stereocenters. The van der Waals surface area contributed by atoms with Crippen molar-refractivity contribution in [3.63, 3.8) is 0 Å². The number of carbonyl (C=O) groups is 2. The number of rotatable bonds is 7. The lowest BCUT2D eigenvalue weighted by Gasteiger charge is -2.09. The number of esters is 1. The van der Waals surface area contributed by atoms with Gasteiger partial charge in [0.25, 0.3) is 0 Å². The predicted octanol–water partition coefficient (Wildman–Crippen LogP) is 4.77. The first-order valence-electron chi connectivity index (χ1n) is 8.23. The number of anilines is 1. The Morgan fingerprint density at radius 2 is 2.00 bits per heavy atom. The first-order chi connectivity index (χ1) is 14.0. The van der Waals surface area contributed by atoms with Gasteiger partial charge in [0.2, 0.25) is 0 Å². The minimum atomic E-state index is -1.12. The van der Waals surface area contributed by atoms with Crippen LogP contribution in [0.2, 0.25) is 5.02 Å². The van der Waals surface area contributed by atoms with E-state index in [0.717, 1.165) is 0 Å². The molecule has 0 bridgehead atoms. The Bertz CT molecular complexity index is 1070. The number of carboxylic acids is 1. The average Bonchev–Trinajstić information content (AvgIpc) is 3.25. The molecule has 0 fully saturated rings. The molecule has 2 N–H and O–H groups in total. The van der Waals surface area contributed by atoms with Crippen LogP contribution in [0, 0.1) is 0 Å². The summed E-state index contributed by atoms with van der Waals surface area (Å²) in [6.45, 7) is 0. The van der Waals surface area contributed by atoms with Crippen LogP contribution in [0.3, 0.4) is 0 Å². The van der Waals surface area contributed by atoms with Crippen molar-refractivity contribution in [3.05, 3.63) is 74.9 Å². The normalized spacial score (nSPS) is 10.7. The summed E-state index contributed by atoms with van der Waals surface area (Å²) in [6, 6.07) is 12.9. The van der Waals surface area contributed by atoms with Gasteiger partial charge < -0.3 is 14.6 Å². The van der Waals surface area contributed by atoms with Gasteiger partial charge in [-0.15, -0.1) is 11.3 Å². The summed E-state index contributed by atoms with van der Waals surface area (Å²) in [5.41, 5.74) is 3.87. The van der Waals surface area contributed by atoms with Gasteiger partial charge in [-0.3, -0.25) is 5.43 Å². The van der Waals surface area contributed by atoms with Crippen LogP contribution >= 0.6 is 22.9 Å². The number of methoxy groups -OCH3 is 1. The van der Waals surface area contributed by atoms with E-state index >= 15 is 0 Å². The van der Waals surface area contributed by atoms with E-state index in [4.69, 9.17) is 26.2 Å². The zero-order valence-corrected chi connectivity index (χ0v) is 16.7. The molecule has 3 rings (SSSR count). The molecule has 1 aromatic heterocycles. The van der Waals surface area contributed by atoms with Crippen LogP contribution < -0.4 is 14.9 Å². The van der Waals surface area contributed by atoms with E-state index in [-0.39, 0.29) is 10.6 Å². The third-order valence-electron chi connectivity index (χ3n) is 3.72. The quantitative estimate of drug-likeness (QED) is 0.242. The largest absolute Gasteiger partial charge is 0.493 e. The zero-order valence-electron chi connectivity index (χ0n) is 15.1. The predicted molar refractivity (Wildman–Crippen MR) is 112 cm³/mol. The number of halogens is 1. The summed E-state index contributed by atoms with van der Waals surface area (Å²) >= 11 is 7.13. The summed E-state index contributed by atoms with van der Waals surface area (Å²) in [5.74, 6) is -0.920. The van der Waals surface area contributed by atoms with Crippen LogP contribution in [0.15, 0.2) is 59.0 Å². The van der Waals surface area contributed by atoms with Gasteiger partial charge in [0.05, 0.1) is 29.6 Å². The number of hydrogen-bond acceptors (Lipinski definition) is 7. The third kappa shape index (κ3) is 5.13. The Kier molecular flexibility index (Phi) is 6.48. The smallest absolute Gasteiger partial charge is 0.353 e. The average molecular weight is 431 g/mol. The highest BCUT2D eigenvalue weighted by molar-refractivity contribution is 7.12. The molecule has 29 heavy (non-hydrogen) atoms. The molecule has 0 amide bonds. The van der Waals surface area contributed by atoms with Crippen LogP contribution in [0.1, 0.15) is 25.6 Å². The minimum absolute atomic E-state index is 0.0227. The number of aromatic carboxylic acids is 1. The Hall–Kier alpha value is -3.36. The summed E-state index contributed by atoms with van der Waals surface area (Å²) in [4.78, 5) is 23.7. The Morgan fingerprint density at radius 3 is 2.69 bits per heavy atom. The van der Waals surface area contributed by atoms with Crippen molar-refractivity contribution in [3.8, 4) is 11.5 Å². The molecule has 0 radical (unpaired) electrons. The van der Waals surface area contributed by atoms with Crippen molar-refractivity contribution in [1.29, 1.82) is 0 Å². The molecule has 0 aliphatic heterocycles. The van der Waals surface area contributed by atoms with E-state index in [1.165, 1.54) is 36.8 Å². The molecule has 0 aliphatic rings. The molecule has 0 saturated heterocycles. The standard InChI is InChI=1S/C20H15ClN2O5S/c1-27-17-9-12(4-7-16(17)28-20(26)18-3-2-8-29-18)11-22-23-13-5-6-15(21)14(10-13)19(24)25/h2-11,23H,1H3,(H,24,25)/b22-11+. The van der Waals surface area contributed by atoms with E-state index in [2.05, 4.69) is 10.5 Å². The van der Waals surface area contributed by atoms with Gasteiger partial charge in [0.15, 0.2) is 11.5 Å². The number of thiophene rings is 1. The van der Waals surface area contributed by atoms with Gasteiger partial charge in [0, 0.05) is 0 Å². The fraction of sp³-hybridized carbons (Fsp3) is 0.0500. The van der Waals surface area contributed by atoms with E-state index < -0.39 is 11.9 Å². The second-order valence-electron chi connectivity index (χ2n) is 5.65. The molecule has 148 valence electrons. The molecule has 2 aromatic carbocycles. The van der Waals surface area contributed by atoms with Crippen molar-refractivity contribution in [1.82, 2.24) is 0 Å². The maximum absolute atomic E-state index is 12.1. The van der Waals surface area contributed by atoms with Gasteiger partial charge >= 0.3 is 11.9 Å². The molecule has 0 spiro atoms. The molecule has 0 aliphatic carbocycles. The van der Waals surface area contributed by atoms with Gasteiger partial charge in [-0.1, -0.05) is 17.7 Å². The monoisotopic (exact) mass is 430 g/mol. The summed E-state index contributed by atoms with van der Waals surface area (Å²) in [5, 5.41) is 15.1. The lowest BCUT2D eigenvalue weighted by molar-refractivity contribution is 0.0694. The highest BCUT2D eigenvalue weighted by Gasteiger charge is 2.13. The van der Waals surface area contributed by atoms with Crippen LogP contribution in [0.25, 0.3) is 0 Å². The highest BCUT2D eigenvalue weighted by atomic mass is 35.5. The SMILES string of the molecule is COc1cc(/C=N/Nc2ccc(Cl)c(C(=O)O)c2)ccc1OC(=O)c1cccs1. The van der Waals surface area contributed by atoms with Crippen molar-refractivity contribution >= 4 is 46.8 Å². The van der Waals surface area contributed by atoms with E-state index in [1.807, 2.05) is 0 Å². The number of nitrogens with one attached hydrogen (secondary N) is 1. The Balaban J connectivity index is 1.71. The number of carbonyl (C=O) groups excluding carboxylic acids is 1. The Morgan fingerprint density at radius 1 is 1.17 bits per heavy atom. The van der Waals surface area contributed by atoms with Crippen molar-refractivity contribution in [2.45, 2.75) is 0 Å². The van der Waals surface area contributed by atoms with Gasteiger partial charge in [-0.2, -0.15) is 5.10 Å². The molecule has 0 atom stereocenters. The molecular weight excluding hydrogens is 416 g/mol. The van der Waals surface area contributed by atoms with Crippen LogP contribution in [0.5, 0.6) is 11.5 Å². The fourth-order valence-corrected chi connectivity index (χ4v) is 3.13. The fourth-order valence-electron chi connectivity index (χ4n) is 2.33. The first kappa shape index (κ1) is 20.4. The lowest BCUT2D eigenvalue weighted by atomic mass is 10.2. The molecular formula is C20H15ClN2O5S. The van der Waals surface area contributed by atoms with E-state index in [9.17, 15) is 9.59 Å². The van der Waals surface area contributed by atoms with Crippen molar-refractivity contribution in [2.24, 2.45) is 5.10 Å². The summed E-state index contributed by atoms with van der Waals surface area (Å²) < 4.78 is 10.7. The van der Waals surface area contributed by atoms with Gasteiger partial charge in [-0.25, -0.2) is 9.59 Å². The first-order valence-corrected chi connectivity index (χ1v) is 9.49. The maximum Gasteiger partial charge on any atom is 0.353 e. The second-order valence-corrected chi connectivity index (χ2v) is 7.00. The van der Waals surface area contributed by atoms with Crippen molar-refractivity contribution in [2.75, 3.05) is 12.5 Å². The lowest BCUT2D eigenvalue weighted by Crippen LogP contribution is -2.07. The Labute approximate surface area is 175 Å². The van der Waals surface area contributed by atoms with Crippen LogP contribution in [-0.2, 0) is 0 Å². The second kappa shape index (κ2) is 9.22. The number of nitrogens with zero attached hydrogens (tertiary/aromatic N) is 1. The summed E-state index contributed by atoms with van der Waals surface area (Å²) in [6.07, 6.45) is 1.52. The minimum Gasteiger partial charge on any atom is -0.493 e. The molecule has 7 nitrogen and oxygen atoms in total. The molecule has 1 heterocycles. The number of carboxylic acid groups (broad SMARTS) is 1. The summed E-state index contributed by atoms with van der Waals surface area (Å²) in [7, 11) is 1.47. The number of hydrazone groups is 1. The molecule has 9 heteroatoms. The van der Waals surface area contributed by atoms with Gasteiger partial charge in [-0.05, 0) is 53.4 Å². The topological polar surface area (TPSA) is 97.2 Å². The maximum atomic E-state index is 12.1. The zero-order chi connectivity index (χ0) is 20.8. The number of hydrogen-bond donors (Lipinski definition) is 2. The highest BCUT2D eigenvalue weighted by Crippen LogP contribution is 2.29. The molecule has 3 aromatic rings. The van der Waals surface area contributed by atoms with Gasteiger partial charge in [0.1, 0.15) is 4.88 Å². The number of ether oxygens (including phenoxy) is 2. The van der Waals surface area contributed by atoms with Crippen molar-refractivity contribution < 1.29 is 24.2 Å². The van der Waals surface area contributed by atoms with E-state index in [0.29, 0.717) is 27.6 Å². The van der Waals surface area contributed by atoms with Crippen LogP contribution in [-0.4, -0.2) is 30.4 Å². The van der Waals surface area contributed by atoms with Crippen LogP contribution in [0.4, 0.5) is 5.69 Å². The third-order valence-corrected chi connectivity index (χ3v) is 4.90. The molecule has 0 saturated carbocycles.